The lowest BCUT2D eigenvalue weighted by atomic mass is 9.97. The second-order valence-electron chi connectivity index (χ2n) is 5.14. The molecule has 0 spiro atoms. The molecule has 0 aromatic heterocycles. The van der Waals surface area contributed by atoms with Gasteiger partial charge in [0, 0.05) is 11.6 Å². The van der Waals surface area contributed by atoms with Gasteiger partial charge in [-0.05, 0) is 42.5 Å². The maximum Gasteiger partial charge on any atom is 0.256 e. The van der Waals surface area contributed by atoms with E-state index in [2.05, 4.69) is 0 Å². The van der Waals surface area contributed by atoms with Gasteiger partial charge >= 0.3 is 0 Å². The van der Waals surface area contributed by atoms with Crippen LogP contribution in [-0.4, -0.2) is 36.0 Å². The van der Waals surface area contributed by atoms with E-state index < -0.39 is 13.0 Å². The summed E-state index contributed by atoms with van der Waals surface area (Å²) in [4.78, 5) is 13.4. The van der Waals surface area contributed by atoms with Gasteiger partial charge < -0.3 is 9.64 Å². The third-order valence-corrected chi connectivity index (χ3v) is 3.81. The molecule has 0 bridgehead atoms. The van der Waals surface area contributed by atoms with Crippen molar-refractivity contribution in [2.75, 3.05) is 18.7 Å². The standard InChI is InChI=1S/C16H19F2NO2S/c1-11-3-8-14(19(16(11)20)9-15(17)18)12-4-6-13(7-5-12)21-10-22-2/h4-8,11,15H,3,9-10H2,1-2H3. The Morgan fingerprint density at radius 3 is 2.64 bits per heavy atom. The van der Waals surface area contributed by atoms with Gasteiger partial charge in [0.05, 0.1) is 6.54 Å². The number of amides is 1. The molecule has 0 N–H and O–H groups in total. The minimum Gasteiger partial charge on any atom is -0.483 e. The first-order valence-electron chi connectivity index (χ1n) is 7.04. The fourth-order valence-corrected chi connectivity index (χ4v) is 2.59. The third kappa shape index (κ3) is 4.00. The maximum atomic E-state index is 12.8. The summed E-state index contributed by atoms with van der Waals surface area (Å²) < 4.78 is 31.0. The van der Waals surface area contributed by atoms with E-state index in [1.165, 1.54) is 4.90 Å². The first-order valence-corrected chi connectivity index (χ1v) is 8.44. The summed E-state index contributed by atoms with van der Waals surface area (Å²) in [7, 11) is 0. The molecule has 1 unspecified atom stereocenters. The second-order valence-corrected chi connectivity index (χ2v) is 5.95. The molecule has 1 aliphatic heterocycles. The quantitative estimate of drug-likeness (QED) is 0.743. The van der Waals surface area contributed by atoms with Crippen LogP contribution in [0.1, 0.15) is 18.9 Å². The number of thioether (sulfide) groups is 1. The van der Waals surface area contributed by atoms with Crippen LogP contribution in [0, 0.1) is 5.92 Å². The number of carbonyl (C=O) groups excluding carboxylic acids is 1. The summed E-state index contributed by atoms with van der Waals surface area (Å²) >= 11 is 1.57. The predicted octanol–water partition coefficient (Wildman–Crippen LogP) is 3.86. The molecule has 6 heteroatoms. The number of carbonyl (C=O) groups is 1. The van der Waals surface area contributed by atoms with Crippen LogP contribution < -0.4 is 4.74 Å². The van der Waals surface area contributed by atoms with Gasteiger partial charge in [-0.1, -0.05) is 13.0 Å². The van der Waals surface area contributed by atoms with Crippen LogP contribution >= 0.6 is 11.8 Å². The Morgan fingerprint density at radius 1 is 1.36 bits per heavy atom. The lowest BCUT2D eigenvalue weighted by Gasteiger charge is -2.31. The Morgan fingerprint density at radius 2 is 2.05 bits per heavy atom. The zero-order valence-corrected chi connectivity index (χ0v) is 13.4. The zero-order chi connectivity index (χ0) is 16.1. The number of rotatable bonds is 6. The molecule has 1 aromatic rings. The summed E-state index contributed by atoms with van der Waals surface area (Å²) in [5, 5.41) is 0. The molecule has 0 saturated carbocycles. The number of alkyl halides is 2. The van der Waals surface area contributed by atoms with Gasteiger partial charge in [0.25, 0.3) is 6.43 Å². The highest BCUT2D eigenvalue weighted by Crippen LogP contribution is 2.30. The van der Waals surface area contributed by atoms with Gasteiger partial charge in [-0.15, -0.1) is 11.8 Å². The molecule has 0 fully saturated rings. The topological polar surface area (TPSA) is 29.5 Å². The first kappa shape index (κ1) is 16.8. The summed E-state index contributed by atoms with van der Waals surface area (Å²) in [5.74, 6) is 0.761. The SMILES string of the molecule is CSCOc1ccc(C2=CCC(C)C(=O)N2CC(F)F)cc1. The van der Waals surface area contributed by atoms with Crippen molar-refractivity contribution in [3.05, 3.63) is 35.9 Å². The Labute approximate surface area is 133 Å². The molecular weight excluding hydrogens is 308 g/mol. The Balaban J connectivity index is 2.22. The van der Waals surface area contributed by atoms with E-state index in [0.29, 0.717) is 18.1 Å². The molecule has 22 heavy (non-hydrogen) atoms. The van der Waals surface area contributed by atoms with Gasteiger partial charge in [-0.25, -0.2) is 8.78 Å². The summed E-state index contributed by atoms with van der Waals surface area (Å²) in [6, 6.07) is 7.16. The molecule has 2 rings (SSSR count). The molecule has 3 nitrogen and oxygen atoms in total. The Bertz CT molecular complexity index is 546. The Hall–Kier alpha value is -1.56. The Kier molecular flexibility index (Phi) is 5.83. The number of ether oxygens (including phenoxy) is 1. The number of benzene rings is 1. The van der Waals surface area contributed by atoms with Crippen LogP contribution in [-0.2, 0) is 4.79 Å². The second kappa shape index (κ2) is 7.63. The van der Waals surface area contributed by atoms with Gasteiger partial charge in [-0.3, -0.25) is 4.79 Å². The zero-order valence-electron chi connectivity index (χ0n) is 12.6. The van der Waals surface area contributed by atoms with Crippen molar-refractivity contribution >= 4 is 23.4 Å². The van der Waals surface area contributed by atoms with Crippen molar-refractivity contribution in [1.29, 1.82) is 0 Å². The van der Waals surface area contributed by atoms with Crippen LogP contribution in [0.5, 0.6) is 5.75 Å². The van der Waals surface area contributed by atoms with Crippen LogP contribution in [0.3, 0.4) is 0 Å². The highest BCUT2D eigenvalue weighted by atomic mass is 32.2. The molecule has 0 aliphatic carbocycles. The van der Waals surface area contributed by atoms with E-state index in [9.17, 15) is 13.6 Å². The van der Waals surface area contributed by atoms with Crippen LogP contribution in [0.25, 0.3) is 5.70 Å². The lowest BCUT2D eigenvalue weighted by molar-refractivity contribution is -0.133. The van der Waals surface area contributed by atoms with Crippen molar-refractivity contribution in [2.24, 2.45) is 5.92 Å². The molecule has 1 aliphatic rings. The minimum absolute atomic E-state index is 0.250. The van der Waals surface area contributed by atoms with Crippen molar-refractivity contribution in [3.8, 4) is 5.75 Å². The molecular formula is C16H19F2NO2S. The fraction of sp³-hybridized carbons (Fsp3) is 0.438. The van der Waals surface area contributed by atoms with E-state index in [1.807, 2.05) is 12.3 Å². The first-order chi connectivity index (χ1) is 10.5. The molecule has 120 valence electrons. The smallest absolute Gasteiger partial charge is 0.256 e. The summed E-state index contributed by atoms with van der Waals surface area (Å²) in [6.07, 6.45) is 1.81. The van der Waals surface area contributed by atoms with Crippen molar-refractivity contribution < 1.29 is 18.3 Å². The highest BCUT2D eigenvalue weighted by molar-refractivity contribution is 7.98. The van der Waals surface area contributed by atoms with Gasteiger partial charge in [-0.2, -0.15) is 0 Å². The molecule has 1 aromatic carbocycles. The molecule has 0 radical (unpaired) electrons. The monoisotopic (exact) mass is 327 g/mol. The minimum atomic E-state index is -2.55. The van der Waals surface area contributed by atoms with E-state index >= 15 is 0 Å². The number of allylic oxidation sites excluding steroid dienone is 1. The predicted molar refractivity (Wildman–Crippen MR) is 84.9 cm³/mol. The van der Waals surface area contributed by atoms with Gasteiger partial charge in [0.15, 0.2) is 0 Å². The fourth-order valence-electron chi connectivity index (χ4n) is 2.33. The van der Waals surface area contributed by atoms with E-state index in [4.69, 9.17) is 4.74 Å². The van der Waals surface area contributed by atoms with E-state index in [-0.39, 0.29) is 11.8 Å². The van der Waals surface area contributed by atoms with Crippen molar-refractivity contribution in [3.63, 3.8) is 0 Å². The van der Waals surface area contributed by atoms with Crippen LogP contribution in [0.4, 0.5) is 8.78 Å². The number of nitrogens with zero attached hydrogens (tertiary/aromatic N) is 1. The summed E-state index contributed by atoms with van der Waals surface area (Å²) in [5.41, 5.74) is 1.30. The lowest BCUT2D eigenvalue weighted by Crippen LogP contribution is -2.39. The van der Waals surface area contributed by atoms with Gasteiger partial charge in [0.2, 0.25) is 5.91 Å². The van der Waals surface area contributed by atoms with E-state index in [1.54, 1.807) is 43.0 Å². The maximum absolute atomic E-state index is 12.8. The van der Waals surface area contributed by atoms with Crippen LogP contribution in [0.15, 0.2) is 30.3 Å². The molecule has 1 atom stereocenters. The summed E-state index contributed by atoms with van der Waals surface area (Å²) in [6.45, 7) is 1.19. The molecule has 1 heterocycles. The number of halogens is 2. The van der Waals surface area contributed by atoms with Crippen molar-refractivity contribution in [1.82, 2.24) is 4.90 Å². The van der Waals surface area contributed by atoms with E-state index in [0.717, 1.165) is 11.3 Å². The van der Waals surface area contributed by atoms with Crippen LogP contribution in [0.2, 0.25) is 0 Å². The largest absolute Gasteiger partial charge is 0.483 e. The number of hydrogen-bond acceptors (Lipinski definition) is 3. The molecule has 0 saturated heterocycles. The normalized spacial score (nSPS) is 18.6. The number of hydrogen-bond donors (Lipinski definition) is 0. The average molecular weight is 327 g/mol. The highest BCUT2D eigenvalue weighted by Gasteiger charge is 2.30. The third-order valence-electron chi connectivity index (χ3n) is 3.46. The average Bonchev–Trinajstić information content (AvgIpc) is 2.50. The van der Waals surface area contributed by atoms with Gasteiger partial charge in [0.1, 0.15) is 11.7 Å². The molecule has 1 amide bonds. The van der Waals surface area contributed by atoms with Crippen molar-refractivity contribution in [2.45, 2.75) is 19.8 Å².